The Kier molecular flexibility index (Phi) is 7.06. The van der Waals surface area contributed by atoms with Gasteiger partial charge in [-0.3, -0.25) is 14.3 Å². The van der Waals surface area contributed by atoms with E-state index < -0.39 is 18.2 Å². The van der Waals surface area contributed by atoms with E-state index in [0.29, 0.717) is 0 Å². The van der Waals surface area contributed by atoms with Crippen molar-refractivity contribution >= 4 is 11.8 Å². The van der Waals surface area contributed by atoms with E-state index in [2.05, 4.69) is 10.4 Å². The molecule has 5 N–H and O–H groups in total. The van der Waals surface area contributed by atoms with Crippen LogP contribution >= 0.6 is 0 Å². The largest absolute Gasteiger partial charge is 0.394 e. The molecule has 1 fully saturated rings. The molecule has 5 unspecified atom stereocenters. The maximum atomic E-state index is 13.2. The molecule has 3 heterocycles. The maximum Gasteiger partial charge on any atom is 0.243 e. The first-order valence-electron chi connectivity index (χ1n) is 12.0. The van der Waals surface area contributed by atoms with Crippen molar-refractivity contribution in [2.45, 2.75) is 64.4 Å². The van der Waals surface area contributed by atoms with Crippen molar-refractivity contribution in [1.82, 2.24) is 20.0 Å². The van der Waals surface area contributed by atoms with Crippen LogP contribution in [-0.4, -0.2) is 62.0 Å². The van der Waals surface area contributed by atoms with Crippen molar-refractivity contribution in [1.29, 1.82) is 0 Å². The number of likely N-dealkylation sites (tertiary alicyclic amines) is 1. The Labute approximate surface area is 199 Å². The Hall–Kier alpha value is -2.75. The third-order valence-electron chi connectivity index (χ3n) is 7.28. The topological polar surface area (TPSA) is 134 Å². The molecule has 0 aliphatic carbocycles. The fraction of sp³-hybridized carbons (Fsp3) is 0.560. The average molecular weight is 470 g/mol. The van der Waals surface area contributed by atoms with Crippen LogP contribution < -0.4 is 11.1 Å². The van der Waals surface area contributed by atoms with Gasteiger partial charge in [0.1, 0.15) is 6.04 Å². The molecule has 2 aromatic rings. The van der Waals surface area contributed by atoms with Crippen molar-refractivity contribution in [3.05, 3.63) is 41.6 Å². The molecule has 2 aliphatic rings. The fourth-order valence-corrected chi connectivity index (χ4v) is 4.85. The number of carbonyl (C=O) groups is 2. The summed E-state index contributed by atoms with van der Waals surface area (Å²) in [5, 5.41) is 27.6. The van der Waals surface area contributed by atoms with Gasteiger partial charge in [-0.15, -0.1) is 0 Å². The second-order valence-corrected chi connectivity index (χ2v) is 9.85. The molecule has 1 aromatic carbocycles. The molecule has 4 rings (SSSR count). The minimum absolute atomic E-state index is 0.124. The first-order chi connectivity index (χ1) is 16.2. The quantitative estimate of drug-likeness (QED) is 0.505. The molecule has 1 aromatic heterocycles. The zero-order valence-corrected chi connectivity index (χ0v) is 20.0. The number of aryl methyl sites for hydroxylation is 1. The maximum absolute atomic E-state index is 13.2. The van der Waals surface area contributed by atoms with Crippen LogP contribution in [0, 0.1) is 11.8 Å². The van der Waals surface area contributed by atoms with E-state index >= 15 is 0 Å². The van der Waals surface area contributed by atoms with Crippen molar-refractivity contribution in [3.63, 3.8) is 0 Å². The number of amides is 2. The molecule has 5 atom stereocenters. The van der Waals surface area contributed by atoms with Crippen LogP contribution in [0.2, 0.25) is 0 Å². The molecule has 0 bridgehead atoms. The highest BCUT2D eigenvalue weighted by Gasteiger charge is 2.41. The van der Waals surface area contributed by atoms with Crippen LogP contribution in [0.3, 0.4) is 0 Å². The Morgan fingerprint density at radius 1 is 1.26 bits per heavy atom. The van der Waals surface area contributed by atoms with Crippen LogP contribution in [0.15, 0.2) is 30.5 Å². The summed E-state index contributed by atoms with van der Waals surface area (Å²) in [4.78, 5) is 27.6. The summed E-state index contributed by atoms with van der Waals surface area (Å²) >= 11 is 0. The van der Waals surface area contributed by atoms with Crippen LogP contribution in [0.4, 0.5) is 0 Å². The molecular formula is C25H35N5O4. The highest BCUT2D eigenvalue weighted by Crippen LogP contribution is 2.34. The number of rotatable bonds is 6. The minimum atomic E-state index is -0.768. The number of aliphatic hydroxyl groups is 2. The monoisotopic (exact) mass is 469 g/mol. The Bertz CT molecular complexity index is 1050. The molecule has 184 valence electrons. The number of benzene rings is 1. The van der Waals surface area contributed by atoms with Crippen LogP contribution in [0.5, 0.6) is 0 Å². The molecule has 0 spiro atoms. The number of nitrogens with zero attached hydrogens (tertiary/aromatic N) is 3. The van der Waals surface area contributed by atoms with Gasteiger partial charge in [-0.25, -0.2) is 0 Å². The summed E-state index contributed by atoms with van der Waals surface area (Å²) in [6.07, 6.45) is 1.93. The van der Waals surface area contributed by atoms with Gasteiger partial charge >= 0.3 is 0 Å². The standard InChI is InChI=1S/C25H35N5O4/c1-14(2)15(3)25(34)29-12-17(32)11-23(29)24(33)28-21(13-31)16-4-5-18-19(10-16)20(26)7-9-30-22(18)6-8-27-30/h4-6,8,10,14-15,17,20-21,23,31-32H,7,9,11-13,26H2,1-3H3,(H,28,33). The molecule has 34 heavy (non-hydrogen) atoms. The zero-order chi connectivity index (χ0) is 24.6. The number of nitrogens with two attached hydrogens (primary N) is 1. The van der Waals surface area contributed by atoms with E-state index in [0.717, 1.165) is 35.3 Å². The number of β-amino-alcohol motifs (C(OH)–C–C–N with tert-alkyl or cyclic N) is 1. The normalized spacial score (nSPS) is 23.7. The lowest BCUT2D eigenvalue weighted by Gasteiger charge is -2.29. The van der Waals surface area contributed by atoms with Crippen LogP contribution in [0.1, 0.15) is 56.8 Å². The van der Waals surface area contributed by atoms with E-state index in [9.17, 15) is 19.8 Å². The summed E-state index contributed by atoms with van der Waals surface area (Å²) in [5.41, 5.74) is 10.1. The first kappa shape index (κ1) is 24.4. The summed E-state index contributed by atoms with van der Waals surface area (Å²) in [6, 6.07) is 6.11. The number of hydrogen-bond acceptors (Lipinski definition) is 6. The van der Waals surface area contributed by atoms with Crippen molar-refractivity contribution in [2.75, 3.05) is 13.2 Å². The zero-order valence-electron chi connectivity index (χ0n) is 20.0. The van der Waals surface area contributed by atoms with Gasteiger partial charge in [0.15, 0.2) is 0 Å². The van der Waals surface area contributed by atoms with E-state index in [1.807, 2.05) is 49.7 Å². The molecule has 0 saturated carbocycles. The van der Waals surface area contributed by atoms with Crippen LogP contribution in [-0.2, 0) is 16.1 Å². The Balaban J connectivity index is 1.55. The van der Waals surface area contributed by atoms with Gasteiger partial charge in [-0.05, 0) is 29.5 Å². The van der Waals surface area contributed by atoms with Gasteiger partial charge in [0.25, 0.3) is 0 Å². The average Bonchev–Trinajstić information content (AvgIpc) is 3.43. The van der Waals surface area contributed by atoms with Crippen molar-refractivity contribution < 1.29 is 19.8 Å². The predicted octanol–water partition coefficient (Wildman–Crippen LogP) is 1.36. The smallest absolute Gasteiger partial charge is 0.243 e. The number of nitrogens with one attached hydrogen (secondary N) is 1. The van der Waals surface area contributed by atoms with Gasteiger partial charge in [-0.1, -0.05) is 39.0 Å². The van der Waals surface area contributed by atoms with Crippen LogP contribution in [0.25, 0.3) is 11.3 Å². The number of fused-ring (bicyclic) bond motifs is 3. The van der Waals surface area contributed by atoms with Gasteiger partial charge in [0, 0.05) is 43.2 Å². The number of carbonyl (C=O) groups excluding carboxylic acids is 2. The lowest BCUT2D eigenvalue weighted by atomic mass is 9.93. The SMILES string of the molecule is CC(C)C(C)C(=O)N1CC(O)CC1C(=O)NC(CO)c1ccc2c(c1)C(N)CCn1nccc1-2. The van der Waals surface area contributed by atoms with Gasteiger partial charge in [0.05, 0.1) is 24.4 Å². The second-order valence-electron chi connectivity index (χ2n) is 9.85. The third-order valence-corrected chi connectivity index (χ3v) is 7.28. The molecule has 1 saturated heterocycles. The molecule has 9 nitrogen and oxygen atoms in total. The van der Waals surface area contributed by atoms with E-state index in [-0.39, 0.29) is 49.3 Å². The first-order valence-corrected chi connectivity index (χ1v) is 12.0. The lowest BCUT2D eigenvalue weighted by molar-refractivity contribution is -0.142. The lowest BCUT2D eigenvalue weighted by Crippen LogP contribution is -2.49. The molecule has 9 heteroatoms. The van der Waals surface area contributed by atoms with Gasteiger partial charge < -0.3 is 26.2 Å². The van der Waals surface area contributed by atoms with Gasteiger partial charge in [0.2, 0.25) is 11.8 Å². The van der Waals surface area contributed by atoms with Gasteiger partial charge in [-0.2, -0.15) is 5.10 Å². The number of hydrogen-bond donors (Lipinski definition) is 4. The highest BCUT2D eigenvalue weighted by atomic mass is 16.3. The fourth-order valence-electron chi connectivity index (χ4n) is 4.85. The van der Waals surface area contributed by atoms with E-state index in [1.165, 1.54) is 4.90 Å². The van der Waals surface area contributed by atoms with E-state index in [4.69, 9.17) is 5.73 Å². The highest BCUT2D eigenvalue weighted by molar-refractivity contribution is 5.89. The Morgan fingerprint density at radius 3 is 2.74 bits per heavy atom. The third kappa shape index (κ3) is 4.60. The second kappa shape index (κ2) is 9.85. The molecule has 0 radical (unpaired) electrons. The molecule has 2 aliphatic heterocycles. The summed E-state index contributed by atoms with van der Waals surface area (Å²) in [7, 11) is 0. The van der Waals surface area contributed by atoms with Crippen molar-refractivity contribution in [2.24, 2.45) is 17.6 Å². The summed E-state index contributed by atoms with van der Waals surface area (Å²) in [6.45, 7) is 6.32. The predicted molar refractivity (Wildman–Crippen MR) is 127 cm³/mol. The molecular weight excluding hydrogens is 434 g/mol. The summed E-state index contributed by atoms with van der Waals surface area (Å²) < 4.78 is 1.94. The number of aromatic nitrogens is 2. The minimum Gasteiger partial charge on any atom is -0.394 e. The number of aliphatic hydroxyl groups excluding tert-OH is 2. The van der Waals surface area contributed by atoms with E-state index in [1.54, 1.807) is 6.20 Å². The molecule has 2 amide bonds. The Morgan fingerprint density at radius 2 is 2.03 bits per heavy atom. The summed E-state index contributed by atoms with van der Waals surface area (Å²) in [5.74, 6) is -0.648. The van der Waals surface area contributed by atoms with Crippen molar-refractivity contribution in [3.8, 4) is 11.3 Å².